The third-order valence-corrected chi connectivity index (χ3v) is 12.9. The lowest BCUT2D eigenvalue weighted by Crippen LogP contribution is -2.39. The molecule has 2 heterocycles. The number of unbranched alkanes of at least 4 members (excludes halogenated alkanes) is 2. The van der Waals surface area contributed by atoms with Crippen LogP contribution in [0.1, 0.15) is 102 Å². The van der Waals surface area contributed by atoms with Crippen LogP contribution in [0.25, 0.3) is 0 Å². The van der Waals surface area contributed by atoms with Crippen LogP contribution in [0.15, 0.2) is 140 Å². The van der Waals surface area contributed by atoms with Gasteiger partial charge in [0.1, 0.15) is 34.8 Å². The first-order chi connectivity index (χ1) is 28.0. The molecule has 324 valence electrons. The summed E-state index contributed by atoms with van der Waals surface area (Å²) in [5, 5.41) is 0. The lowest BCUT2D eigenvalue weighted by molar-refractivity contribution is -0.151. The predicted octanol–water partition coefficient (Wildman–Crippen LogP) is 9.57. The number of hydrogen-bond donors (Lipinski definition) is 0. The van der Waals surface area contributed by atoms with E-state index in [0.29, 0.717) is 25.7 Å². The van der Waals surface area contributed by atoms with E-state index < -0.39 is 55.3 Å². The molecule has 60 heavy (non-hydrogen) atoms. The van der Waals surface area contributed by atoms with Gasteiger partial charge in [-0.15, -0.1) is 0 Å². The molecule has 2 aromatic heterocycles. The molecule has 2 atom stereocenters. The van der Waals surface area contributed by atoms with Crippen molar-refractivity contribution in [3.8, 4) is 0 Å². The molecule has 4 aromatic rings. The smallest absolute Gasteiger partial charge is 0.336 e. The average Bonchev–Trinajstić information content (AvgIpc) is 3.89. The van der Waals surface area contributed by atoms with Gasteiger partial charge in [-0.25, -0.2) is 26.4 Å². The van der Waals surface area contributed by atoms with E-state index >= 15 is 0 Å². The Bertz CT molecular complexity index is 2150. The number of ether oxygens (including phenoxy) is 2. The van der Waals surface area contributed by atoms with Gasteiger partial charge in [0.2, 0.25) is 20.0 Å². The molecule has 0 bridgehead atoms. The van der Waals surface area contributed by atoms with E-state index in [2.05, 4.69) is 13.2 Å². The van der Waals surface area contributed by atoms with Crippen molar-refractivity contribution < 1.29 is 44.7 Å². The number of esters is 2. The van der Waals surface area contributed by atoms with Crippen molar-refractivity contribution in [1.29, 1.82) is 0 Å². The van der Waals surface area contributed by atoms with Crippen molar-refractivity contribution in [3.05, 3.63) is 144 Å². The minimum absolute atomic E-state index is 0.00604. The van der Waals surface area contributed by atoms with Crippen LogP contribution in [-0.4, -0.2) is 61.7 Å². The number of carbonyl (C=O) groups excluding carboxylic acids is 2. The highest BCUT2D eigenvalue weighted by molar-refractivity contribution is 7.89. The molecule has 0 aliphatic heterocycles. The van der Waals surface area contributed by atoms with Gasteiger partial charge in [0, 0.05) is 13.1 Å². The number of aryl methyl sites for hydroxylation is 2. The monoisotopic (exact) mass is 862 g/mol. The quantitative estimate of drug-likeness (QED) is 0.0363. The molecule has 14 heteroatoms. The summed E-state index contributed by atoms with van der Waals surface area (Å²) in [5.41, 5.74) is -0.144. The van der Waals surface area contributed by atoms with Gasteiger partial charge >= 0.3 is 11.9 Å². The van der Waals surface area contributed by atoms with Crippen LogP contribution in [0.5, 0.6) is 0 Å². The van der Waals surface area contributed by atoms with E-state index in [-0.39, 0.29) is 45.5 Å². The molecular weight excluding hydrogens is 805 g/mol. The maximum absolute atomic E-state index is 14.3. The normalized spacial score (nSPS) is 13.7. The number of furan rings is 2. The van der Waals surface area contributed by atoms with Crippen LogP contribution in [0.3, 0.4) is 0 Å². The summed E-state index contributed by atoms with van der Waals surface area (Å²) in [5.74, 6) is -1.08. The molecule has 0 aliphatic rings. The van der Waals surface area contributed by atoms with Crippen LogP contribution in [0.2, 0.25) is 0 Å². The van der Waals surface area contributed by atoms with Gasteiger partial charge in [-0.2, -0.15) is 8.61 Å². The number of carbonyl (C=O) groups is 2. The number of rotatable bonds is 20. The van der Waals surface area contributed by atoms with Crippen molar-refractivity contribution in [1.82, 2.24) is 8.61 Å². The Morgan fingerprint density at radius 2 is 0.950 bits per heavy atom. The van der Waals surface area contributed by atoms with Gasteiger partial charge < -0.3 is 18.3 Å². The lowest BCUT2D eigenvalue weighted by atomic mass is 10.1. The Kier molecular flexibility index (Phi) is 15.9. The van der Waals surface area contributed by atoms with Crippen LogP contribution in [0, 0.1) is 13.8 Å². The van der Waals surface area contributed by atoms with Crippen molar-refractivity contribution in [2.75, 3.05) is 13.1 Å². The molecule has 0 amide bonds. The SMILES string of the molecule is C=C(C(=O)OC(C)(C)C)[C@H](c1ccco1)N(CCC/C=C/CCCN([C@H](C(=C)C(=O)OC(C)(C)C)c1ccco1)S(=O)(=O)c1ccc(C)cc1)S(=O)(=O)c1ccc(C)cc1. The molecule has 0 fully saturated rings. The number of allylic oxidation sites excluding steroid dienone is 2. The molecule has 2 aromatic carbocycles. The first-order valence-electron chi connectivity index (χ1n) is 19.8. The minimum Gasteiger partial charge on any atom is -0.467 e. The Balaban J connectivity index is 1.56. The van der Waals surface area contributed by atoms with E-state index in [0.717, 1.165) is 11.1 Å². The number of hydrogen-bond acceptors (Lipinski definition) is 10. The van der Waals surface area contributed by atoms with Crippen LogP contribution >= 0.6 is 0 Å². The van der Waals surface area contributed by atoms with E-state index in [1.165, 1.54) is 45.4 Å². The number of sulfonamides is 2. The largest absolute Gasteiger partial charge is 0.467 e. The Hall–Kier alpha value is -5.02. The maximum Gasteiger partial charge on any atom is 0.336 e. The summed E-state index contributed by atoms with van der Waals surface area (Å²) in [7, 11) is -8.39. The molecule has 0 saturated carbocycles. The molecule has 0 saturated heterocycles. The molecule has 0 radical (unpaired) electrons. The highest BCUT2D eigenvalue weighted by atomic mass is 32.2. The maximum atomic E-state index is 14.3. The third-order valence-electron chi connectivity index (χ3n) is 9.10. The highest BCUT2D eigenvalue weighted by Gasteiger charge is 2.40. The summed E-state index contributed by atoms with van der Waals surface area (Å²) < 4.78 is 82.4. The van der Waals surface area contributed by atoms with Crippen molar-refractivity contribution in [3.63, 3.8) is 0 Å². The summed E-state index contributed by atoms with van der Waals surface area (Å²) in [6.07, 6.45) is 8.19. The molecule has 0 unspecified atom stereocenters. The fourth-order valence-corrected chi connectivity index (χ4v) is 9.47. The van der Waals surface area contributed by atoms with Crippen LogP contribution < -0.4 is 0 Å². The topological polar surface area (TPSA) is 154 Å². The van der Waals surface area contributed by atoms with Gasteiger partial charge in [0.25, 0.3) is 0 Å². The first-order valence-corrected chi connectivity index (χ1v) is 22.6. The molecule has 12 nitrogen and oxygen atoms in total. The predicted molar refractivity (Wildman–Crippen MR) is 231 cm³/mol. The average molecular weight is 863 g/mol. The highest BCUT2D eigenvalue weighted by Crippen LogP contribution is 2.37. The minimum atomic E-state index is -4.20. The number of benzene rings is 2. The zero-order valence-corrected chi connectivity index (χ0v) is 37.5. The van der Waals surface area contributed by atoms with Gasteiger partial charge in [-0.3, -0.25) is 0 Å². The summed E-state index contributed by atoms with van der Waals surface area (Å²) in [6, 6.07) is 16.9. The number of nitrogens with zero attached hydrogens (tertiary/aromatic N) is 2. The van der Waals surface area contributed by atoms with Gasteiger partial charge in [0.05, 0.1) is 33.5 Å². The van der Waals surface area contributed by atoms with Gasteiger partial charge in [-0.1, -0.05) is 60.7 Å². The van der Waals surface area contributed by atoms with Gasteiger partial charge in [0.15, 0.2) is 0 Å². The van der Waals surface area contributed by atoms with E-state index in [4.69, 9.17) is 18.3 Å². The van der Waals surface area contributed by atoms with E-state index in [1.54, 1.807) is 90.1 Å². The summed E-state index contributed by atoms with van der Waals surface area (Å²) in [4.78, 5) is 26.8. The van der Waals surface area contributed by atoms with Gasteiger partial charge in [-0.05, 0) is 130 Å². The van der Waals surface area contributed by atoms with E-state index in [9.17, 15) is 26.4 Å². The third kappa shape index (κ3) is 12.7. The zero-order valence-electron chi connectivity index (χ0n) is 35.8. The summed E-state index contributed by atoms with van der Waals surface area (Å²) in [6.45, 7) is 22.0. The standard InChI is InChI=1S/C46H58N2O10S2/c1-33-21-25-37(26-22-33)59(51,52)47(41(39-19-17-31-55-39)35(3)43(49)57-45(5,6)7)29-15-13-11-12-14-16-30-48(60(53,54)38-27-23-34(2)24-28-38)42(40-20-18-32-56-40)36(4)44(50)58-46(8,9)10/h11-12,17-28,31-32,41-42H,3-4,13-16,29-30H2,1-2,5-10H3/b12-11+/t41-,42-/m1/s1. The van der Waals surface area contributed by atoms with E-state index in [1.807, 2.05) is 26.0 Å². The fraction of sp³-hybridized carbons (Fsp3) is 0.391. The molecule has 0 N–H and O–H groups in total. The second-order valence-corrected chi connectivity index (χ2v) is 20.3. The lowest BCUT2D eigenvalue weighted by Gasteiger charge is -2.31. The first kappa shape index (κ1) is 47.7. The molecule has 4 rings (SSSR count). The zero-order chi connectivity index (χ0) is 44.5. The Morgan fingerprint density at radius 1 is 0.617 bits per heavy atom. The molecule has 0 aliphatic carbocycles. The fourth-order valence-electron chi connectivity index (χ4n) is 6.21. The molecule has 0 spiro atoms. The second kappa shape index (κ2) is 20.0. The second-order valence-electron chi connectivity index (χ2n) is 16.5. The Labute approximate surface area is 355 Å². The van der Waals surface area contributed by atoms with Crippen molar-refractivity contribution in [2.24, 2.45) is 0 Å². The van der Waals surface area contributed by atoms with Crippen molar-refractivity contribution in [2.45, 2.75) is 114 Å². The van der Waals surface area contributed by atoms with Crippen molar-refractivity contribution >= 4 is 32.0 Å². The molecular formula is C46H58N2O10S2. The Morgan fingerprint density at radius 3 is 1.23 bits per heavy atom. The summed E-state index contributed by atoms with van der Waals surface area (Å²) >= 11 is 0. The van der Waals surface area contributed by atoms with Crippen LogP contribution in [-0.2, 0) is 39.1 Å². The van der Waals surface area contributed by atoms with Crippen LogP contribution in [0.4, 0.5) is 0 Å².